The molecule has 0 fully saturated rings. The van der Waals surface area contributed by atoms with Gasteiger partial charge in [-0.25, -0.2) is 15.0 Å². The molecule has 1 aliphatic carbocycles. The Balaban J connectivity index is 1.24. The molecule has 49 heavy (non-hydrogen) atoms. The maximum atomic E-state index is 5.03. The van der Waals surface area contributed by atoms with Crippen LogP contribution >= 0.6 is 0 Å². The van der Waals surface area contributed by atoms with Gasteiger partial charge in [0.25, 0.3) is 0 Å². The molecular formula is C45H28N4. The molecular weight excluding hydrogens is 597 g/mol. The van der Waals surface area contributed by atoms with E-state index >= 15 is 0 Å². The van der Waals surface area contributed by atoms with Crippen LogP contribution in [-0.4, -0.2) is 19.5 Å². The van der Waals surface area contributed by atoms with E-state index in [-0.39, 0.29) is 0 Å². The molecule has 0 N–H and O–H groups in total. The highest BCUT2D eigenvalue weighted by Gasteiger charge is 2.22. The van der Waals surface area contributed by atoms with Gasteiger partial charge in [0, 0.05) is 33.2 Å². The summed E-state index contributed by atoms with van der Waals surface area (Å²) in [5.41, 5.74) is 11.1. The van der Waals surface area contributed by atoms with E-state index in [1.54, 1.807) is 0 Å². The minimum Gasteiger partial charge on any atom is -0.309 e. The lowest BCUT2D eigenvalue weighted by Gasteiger charge is -2.14. The number of rotatable bonds is 5. The Morgan fingerprint density at radius 1 is 0.367 bits per heavy atom. The molecule has 228 valence electrons. The lowest BCUT2D eigenvalue weighted by atomic mass is 9.92. The molecule has 0 spiro atoms. The highest BCUT2D eigenvalue weighted by molar-refractivity contribution is 6.29. The van der Waals surface area contributed by atoms with E-state index in [1.165, 1.54) is 49.3 Å². The normalized spacial score (nSPS) is 12.0. The third kappa shape index (κ3) is 4.42. The van der Waals surface area contributed by atoms with Crippen LogP contribution in [0.2, 0.25) is 0 Å². The van der Waals surface area contributed by atoms with Crippen LogP contribution in [0.5, 0.6) is 0 Å². The second-order valence-corrected chi connectivity index (χ2v) is 12.5. The van der Waals surface area contributed by atoms with Gasteiger partial charge in [-0.1, -0.05) is 140 Å². The maximum Gasteiger partial charge on any atom is 0.164 e. The van der Waals surface area contributed by atoms with Crippen molar-refractivity contribution >= 4 is 44.7 Å². The summed E-state index contributed by atoms with van der Waals surface area (Å²) in [6, 6.07) is 55.3. The number of benzene rings is 7. The molecule has 0 atom stereocenters. The van der Waals surface area contributed by atoms with E-state index in [0.29, 0.717) is 17.5 Å². The van der Waals surface area contributed by atoms with Crippen molar-refractivity contribution in [3.05, 3.63) is 169 Å². The smallest absolute Gasteiger partial charge is 0.164 e. The number of para-hydroxylation sites is 1. The second-order valence-electron chi connectivity index (χ2n) is 12.5. The molecule has 0 bridgehead atoms. The molecule has 0 saturated heterocycles. The maximum absolute atomic E-state index is 5.03. The first kappa shape index (κ1) is 27.5. The monoisotopic (exact) mass is 624 g/mol. The van der Waals surface area contributed by atoms with Gasteiger partial charge < -0.3 is 4.57 Å². The van der Waals surface area contributed by atoms with Gasteiger partial charge in [-0.05, 0) is 63.4 Å². The van der Waals surface area contributed by atoms with Crippen LogP contribution in [0.25, 0.3) is 95.7 Å². The molecule has 0 amide bonds. The van der Waals surface area contributed by atoms with Crippen LogP contribution in [0.15, 0.2) is 158 Å². The Labute approximate surface area is 283 Å². The largest absolute Gasteiger partial charge is 0.309 e. The van der Waals surface area contributed by atoms with Crippen molar-refractivity contribution in [3.63, 3.8) is 0 Å². The van der Waals surface area contributed by atoms with Crippen molar-refractivity contribution in [2.45, 2.75) is 0 Å². The fourth-order valence-corrected chi connectivity index (χ4v) is 7.38. The third-order valence-corrected chi connectivity index (χ3v) is 9.57. The fourth-order valence-electron chi connectivity index (χ4n) is 7.38. The number of nitrogens with zero attached hydrogens (tertiary/aromatic N) is 4. The molecule has 0 radical (unpaired) electrons. The summed E-state index contributed by atoms with van der Waals surface area (Å²) in [5.74, 6) is 1.95. The molecule has 0 aliphatic heterocycles. The van der Waals surface area contributed by atoms with Crippen LogP contribution in [0, 0.1) is 0 Å². The summed E-state index contributed by atoms with van der Waals surface area (Å²) in [6.07, 6.45) is 4.53. The van der Waals surface area contributed by atoms with Gasteiger partial charge in [-0.2, -0.15) is 0 Å². The highest BCUT2D eigenvalue weighted by Crippen LogP contribution is 2.46. The van der Waals surface area contributed by atoms with Gasteiger partial charge in [0.05, 0.1) is 11.0 Å². The SMILES string of the molecule is C1=Cc2cccc3c2c2c4c1cccc4c(-c1cccc(-c4nc(-c5ccccc5)nc(-c5ccccc5)n4)c1)cc2n3-c1ccccc1. The first-order valence-electron chi connectivity index (χ1n) is 16.5. The van der Waals surface area contributed by atoms with Gasteiger partial charge in [0.2, 0.25) is 0 Å². The molecule has 0 saturated carbocycles. The van der Waals surface area contributed by atoms with Crippen molar-refractivity contribution in [1.29, 1.82) is 0 Å². The summed E-state index contributed by atoms with van der Waals surface area (Å²) in [4.78, 5) is 15.0. The molecule has 0 unspecified atom stereocenters. The zero-order valence-electron chi connectivity index (χ0n) is 26.5. The first-order chi connectivity index (χ1) is 24.3. The van der Waals surface area contributed by atoms with Crippen LogP contribution in [-0.2, 0) is 0 Å². The van der Waals surface area contributed by atoms with Crippen LogP contribution in [0.3, 0.4) is 0 Å². The average molecular weight is 625 g/mol. The van der Waals surface area contributed by atoms with Gasteiger partial charge in [-0.3, -0.25) is 0 Å². The minimum atomic E-state index is 0.643. The van der Waals surface area contributed by atoms with Gasteiger partial charge in [0.15, 0.2) is 17.5 Å². The molecule has 10 rings (SSSR count). The fraction of sp³-hybridized carbons (Fsp3) is 0. The standard InChI is InChI=1S/C45H28N4/c1-4-13-31(14-5-1)43-46-44(32-15-6-2-7-16-32)48-45(47-43)34-20-10-19-33(27-34)37-28-39-42-40-29(17-11-23-36(37)40)25-26-30-18-12-24-38(41(30)42)49(39)35-21-8-3-9-22-35/h1-28H. The van der Waals surface area contributed by atoms with E-state index < -0.39 is 0 Å². The van der Waals surface area contributed by atoms with Crippen molar-refractivity contribution in [2.24, 2.45) is 0 Å². The van der Waals surface area contributed by atoms with Crippen molar-refractivity contribution in [1.82, 2.24) is 19.5 Å². The molecule has 2 heterocycles. The average Bonchev–Trinajstić information content (AvgIpc) is 3.42. The molecule has 1 aliphatic rings. The summed E-state index contributed by atoms with van der Waals surface area (Å²) in [6.45, 7) is 0. The van der Waals surface area contributed by atoms with Crippen LogP contribution in [0.4, 0.5) is 0 Å². The Bertz CT molecular complexity index is 2690. The summed E-state index contributed by atoms with van der Waals surface area (Å²) in [7, 11) is 0. The quantitative estimate of drug-likeness (QED) is 0.191. The Kier molecular flexibility index (Phi) is 6.15. The summed E-state index contributed by atoms with van der Waals surface area (Å²) < 4.78 is 2.42. The third-order valence-electron chi connectivity index (χ3n) is 9.57. The van der Waals surface area contributed by atoms with E-state index in [1.807, 2.05) is 60.7 Å². The lowest BCUT2D eigenvalue weighted by molar-refractivity contribution is 1.07. The predicted octanol–water partition coefficient (Wildman–Crippen LogP) is 11.3. The van der Waals surface area contributed by atoms with Crippen LogP contribution in [0.1, 0.15) is 11.1 Å². The number of hydrogen-bond acceptors (Lipinski definition) is 3. The predicted molar refractivity (Wildman–Crippen MR) is 202 cm³/mol. The first-order valence-corrected chi connectivity index (χ1v) is 16.5. The Morgan fingerprint density at radius 2 is 0.898 bits per heavy atom. The lowest BCUT2D eigenvalue weighted by Crippen LogP contribution is -2.00. The zero-order valence-corrected chi connectivity index (χ0v) is 26.5. The Hall–Kier alpha value is -6.65. The van der Waals surface area contributed by atoms with E-state index in [9.17, 15) is 0 Å². The van der Waals surface area contributed by atoms with E-state index in [0.717, 1.165) is 27.9 Å². The molecule has 4 heteroatoms. The number of aromatic nitrogens is 4. The topological polar surface area (TPSA) is 43.6 Å². The molecule has 7 aromatic carbocycles. The van der Waals surface area contributed by atoms with Gasteiger partial charge >= 0.3 is 0 Å². The van der Waals surface area contributed by atoms with E-state index in [2.05, 4.69) is 114 Å². The number of hydrogen-bond donors (Lipinski definition) is 0. The minimum absolute atomic E-state index is 0.643. The van der Waals surface area contributed by atoms with Crippen molar-refractivity contribution in [2.75, 3.05) is 0 Å². The summed E-state index contributed by atoms with van der Waals surface area (Å²) >= 11 is 0. The highest BCUT2D eigenvalue weighted by atomic mass is 15.0. The summed E-state index contributed by atoms with van der Waals surface area (Å²) in [5, 5.41) is 5.09. The van der Waals surface area contributed by atoms with E-state index in [4.69, 9.17) is 15.0 Å². The van der Waals surface area contributed by atoms with Gasteiger partial charge in [0.1, 0.15) is 0 Å². The molecule has 2 aromatic heterocycles. The Morgan fingerprint density at radius 3 is 1.57 bits per heavy atom. The van der Waals surface area contributed by atoms with Crippen molar-refractivity contribution < 1.29 is 0 Å². The molecule has 4 nitrogen and oxygen atoms in total. The molecule has 9 aromatic rings. The zero-order chi connectivity index (χ0) is 32.3. The second kappa shape index (κ2) is 11.0. The van der Waals surface area contributed by atoms with Gasteiger partial charge in [-0.15, -0.1) is 0 Å². The van der Waals surface area contributed by atoms with Crippen LogP contribution < -0.4 is 0 Å². The van der Waals surface area contributed by atoms with Crippen molar-refractivity contribution in [3.8, 4) is 51.0 Å².